The second-order valence-corrected chi connectivity index (χ2v) is 4.76. The van der Waals surface area contributed by atoms with Gasteiger partial charge in [0.25, 0.3) is 5.69 Å². The maximum atomic E-state index is 10.7. The second kappa shape index (κ2) is 5.66. The average molecular weight is 250 g/mol. The first kappa shape index (κ1) is 12.6. The molecular formula is C12H18N4O2. The molecule has 0 spiro atoms. The number of pyridine rings is 1. The highest BCUT2D eigenvalue weighted by Gasteiger charge is 2.15. The van der Waals surface area contributed by atoms with E-state index < -0.39 is 4.92 Å². The number of hydrogen-bond acceptors (Lipinski definition) is 5. The Morgan fingerprint density at radius 2 is 2.17 bits per heavy atom. The van der Waals surface area contributed by atoms with Crippen LogP contribution in [-0.4, -0.2) is 16.5 Å². The van der Waals surface area contributed by atoms with E-state index in [9.17, 15) is 10.1 Å². The number of nitrogens with one attached hydrogen (secondary N) is 1. The Kier molecular flexibility index (Phi) is 3.96. The quantitative estimate of drug-likeness (QED) is 0.618. The van der Waals surface area contributed by atoms with Crippen LogP contribution in [0.4, 0.5) is 17.3 Å². The molecule has 6 nitrogen and oxygen atoms in total. The summed E-state index contributed by atoms with van der Waals surface area (Å²) in [5.41, 5.74) is 5.51. The molecule has 98 valence electrons. The van der Waals surface area contributed by atoms with Crippen LogP contribution in [0.2, 0.25) is 0 Å². The van der Waals surface area contributed by atoms with Gasteiger partial charge in [-0.1, -0.05) is 25.7 Å². The summed E-state index contributed by atoms with van der Waals surface area (Å²) < 4.78 is 0. The Morgan fingerprint density at radius 3 is 2.83 bits per heavy atom. The van der Waals surface area contributed by atoms with Crippen molar-refractivity contribution >= 4 is 17.3 Å². The highest BCUT2D eigenvalue weighted by atomic mass is 16.6. The highest BCUT2D eigenvalue weighted by molar-refractivity contribution is 5.52. The van der Waals surface area contributed by atoms with Crippen LogP contribution in [0.5, 0.6) is 0 Å². The van der Waals surface area contributed by atoms with Crippen molar-refractivity contribution in [2.75, 3.05) is 17.6 Å². The van der Waals surface area contributed by atoms with Crippen LogP contribution in [0.25, 0.3) is 0 Å². The third-order valence-electron chi connectivity index (χ3n) is 3.37. The first-order valence-electron chi connectivity index (χ1n) is 6.31. The van der Waals surface area contributed by atoms with Crippen LogP contribution in [0.1, 0.15) is 32.1 Å². The van der Waals surface area contributed by atoms with E-state index in [-0.39, 0.29) is 11.5 Å². The number of nitrogen functional groups attached to an aromatic ring is 1. The molecule has 18 heavy (non-hydrogen) atoms. The summed E-state index contributed by atoms with van der Waals surface area (Å²) in [5.74, 6) is 1.45. The Hall–Kier alpha value is -1.85. The van der Waals surface area contributed by atoms with Crippen LogP contribution >= 0.6 is 0 Å². The standard InChI is InChI=1S/C12H18N4O2/c13-11-7-10(16(17)18)8-12(15-11)14-6-5-9-3-1-2-4-9/h7-9H,1-6H2,(H3,13,14,15). The van der Waals surface area contributed by atoms with Gasteiger partial charge in [-0.15, -0.1) is 0 Å². The maximum Gasteiger partial charge on any atom is 0.276 e. The van der Waals surface area contributed by atoms with Gasteiger partial charge in [0, 0.05) is 6.54 Å². The molecule has 0 unspecified atom stereocenters. The molecule has 0 atom stereocenters. The van der Waals surface area contributed by atoms with E-state index in [0.717, 1.165) is 18.9 Å². The average Bonchev–Trinajstić information content (AvgIpc) is 2.81. The summed E-state index contributed by atoms with van der Waals surface area (Å²) in [6.07, 6.45) is 6.34. The maximum absolute atomic E-state index is 10.7. The minimum Gasteiger partial charge on any atom is -0.383 e. The lowest BCUT2D eigenvalue weighted by Crippen LogP contribution is -2.09. The minimum atomic E-state index is -0.458. The van der Waals surface area contributed by atoms with Gasteiger partial charge in [-0.05, 0) is 12.3 Å². The van der Waals surface area contributed by atoms with Crippen molar-refractivity contribution in [3.8, 4) is 0 Å². The Labute approximate surface area is 106 Å². The fourth-order valence-electron chi connectivity index (χ4n) is 2.44. The van der Waals surface area contributed by atoms with E-state index in [1.807, 2.05) is 0 Å². The molecule has 0 amide bonds. The second-order valence-electron chi connectivity index (χ2n) is 4.76. The molecular weight excluding hydrogens is 232 g/mol. The number of aromatic nitrogens is 1. The Morgan fingerprint density at radius 1 is 1.44 bits per heavy atom. The summed E-state index contributed by atoms with van der Waals surface area (Å²) in [7, 11) is 0. The molecule has 6 heteroatoms. The van der Waals surface area contributed by atoms with Gasteiger partial charge in [0.1, 0.15) is 11.6 Å². The number of nitro groups is 1. The third kappa shape index (κ3) is 3.32. The molecule has 0 aromatic carbocycles. The third-order valence-corrected chi connectivity index (χ3v) is 3.37. The van der Waals surface area contributed by atoms with Crippen LogP contribution in [0, 0.1) is 16.0 Å². The predicted octanol–water partition coefficient (Wildman–Crippen LogP) is 2.56. The summed E-state index contributed by atoms with van der Waals surface area (Å²) in [5, 5.41) is 13.8. The van der Waals surface area contributed by atoms with Gasteiger partial charge in [-0.2, -0.15) is 0 Å². The van der Waals surface area contributed by atoms with Crippen LogP contribution < -0.4 is 11.1 Å². The summed E-state index contributed by atoms with van der Waals surface area (Å²) >= 11 is 0. The van der Waals surface area contributed by atoms with Crippen molar-refractivity contribution in [1.29, 1.82) is 0 Å². The van der Waals surface area contributed by atoms with Gasteiger partial charge in [0.2, 0.25) is 0 Å². The van der Waals surface area contributed by atoms with Gasteiger partial charge >= 0.3 is 0 Å². The van der Waals surface area contributed by atoms with E-state index in [0.29, 0.717) is 5.82 Å². The van der Waals surface area contributed by atoms with Crippen molar-refractivity contribution in [1.82, 2.24) is 4.98 Å². The Bertz CT molecular complexity index is 430. The molecule has 0 saturated heterocycles. The molecule has 1 aliphatic rings. The van der Waals surface area contributed by atoms with Gasteiger partial charge in [-0.25, -0.2) is 4.98 Å². The zero-order valence-corrected chi connectivity index (χ0v) is 10.3. The fraction of sp³-hybridized carbons (Fsp3) is 0.583. The molecule has 1 aliphatic carbocycles. The lowest BCUT2D eigenvalue weighted by Gasteiger charge is -2.10. The molecule has 0 radical (unpaired) electrons. The fourth-order valence-corrected chi connectivity index (χ4v) is 2.44. The van der Waals surface area contributed by atoms with Crippen LogP contribution in [-0.2, 0) is 0 Å². The summed E-state index contributed by atoms with van der Waals surface area (Å²) in [4.78, 5) is 14.3. The summed E-state index contributed by atoms with van der Waals surface area (Å²) in [6.45, 7) is 0.790. The van der Waals surface area contributed by atoms with Gasteiger partial charge in [0.15, 0.2) is 0 Å². The number of anilines is 2. The van der Waals surface area contributed by atoms with Gasteiger partial charge in [0.05, 0.1) is 17.1 Å². The monoisotopic (exact) mass is 250 g/mol. The van der Waals surface area contributed by atoms with E-state index in [4.69, 9.17) is 5.73 Å². The molecule has 1 heterocycles. The SMILES string of the molecule is Nc1cc([N+](=O)[O-])cc(NCCC2CCCC2)n1. The van der Waals surface area contributed by atoms with E-state index >= 15 is 0 Å². The first-order valence-corrected chi connectivity index (χ1v) is 6.31. The molecule has 3 N–H and O–H groups in total. The normalized spacial score (nSPS) is 15.8. The molecule has 1 aromatic heterocycles. The van der Waals surface area contributed by atoms with Crippen molar-refractivity contribution < 1.29 is 4.92 Å². The molecule has 2 rings (SSSR count). The van der Waals surface area contributed by atoms with E-state index in [1.54, 1.807) is 0 Å². The lowest BCUT2D eigenvalue weighted by atomic mass is 10.0. The highest BCUT2D eigenvalue weighted by Crippen LogP contribution is 2.27. The number of hydrogen-bond donors (Lipinski definition) is 2. The zero-order chi connectivity index (χ0) is 13.0. The van der Waals surface area contributed by atoms with Crippen molar-refractivity contribution in [2.45, 2.75) is 32.1 Å². The van der Waals surface area contributed by atoms with Gasteiger partial charge < -0.3 is 11.1 Å². The first-order chi connectivity index (χ1) is 8.65. The van der Waals surface area contributed by atoms with E-state index in [2.05, 4.69) is 10.3 Å². The summed E-state index contributed by atoms with van der Waals surface area (Å²) in [6, 6.07) is 2.69. The van der Waals surface area contributed by atoms with Crippen molar-refractivity contribution in [3.05, 3.63) is 22.2 Å². The largest absolute Gasteiger partial charge is 0.383 e. The Balaban J connectivity index is 1.89. The molecule has 0 bridgehead atoms. The van der Waals surface area contributed by atoms with Gasteiger partial charge in [-0.3, -0.25) is 10.1 Å². The predicted molar refractivity (Wildman–Crippen MR) is 70.4 cm³/mol. The lowest BCUT2D eigenvalue weighted by molar-refractivity contribution is -0.384. The molecule has 1 aromatic rings. The smallest absolute Gasteiger partial charge is 0.276 e. The number of nitrogens with zero attached hydrogens (tertiary/aromatic N) is 2. The van der Waals surface area contributed by atoms with Crippen LogP contribution in [0.15, 0.2) is 12.1 Å². The molecule has 0 aliphatic heterocycles. The van der Waals surface area contributed by atoms with E-state index in [1.165, 1.54) is 37.8 Å². The zero-order valence-electron chi connectivity index (χ0n) is 10.3. The van der Waals surface area contributed by atoms with Crippen molar-refractivity contribution in [3.63, 3.8) is 0 Å². The number of rotatable bonds is 5. The topological polar surface area (TPSA) is 94.1 Å². The molecule has 1 fully saturated rings. The number of nitrogens with two attached hydrogens (primary N) is 1. The minimum absolute atomic E-state index is 0.0223. The van der Waals surface area contributed by atoms with Crippen molar-refractivity contribution in [2.24, 2.45) is 5.92 Å². The molecule has 1 saturated carbocycles. The van der Waals surface area contributed by atoms with Crippen LogP contribution in [0.3, 0.4) is 0 Å².